The SMILES string of the molecule is CCCNCc1ccc(CS(=O)c2ccc(Cl)c(Cl)c2)o1. The largest absolute Gasteiger partial charge is 0.464 e. The summed E-state index contributed by atoms with van der Waals surface area (Å²) in [6, 6.07) is 8.77. The summed E-state index contributed by atoms with van der Waals surface area (Å²) in [5, 5.41) is 4.13. The molecule has 0 aliphatic rings. The van der Waals surface area contributed by atoms with Crippen LogP contribution in [-0.4, -0.2) is 10.8 Å². The van der Waals surface area contributed by atoms with Gasteiger partial charge < -0.3 is 9.73 Å². The van der Waals surface area contributed by atoms with Crippen LogP contribution in [0, 0.1) is 0 Å². The Bertz CT molecular complexity index is 628. The van der Waals surface area contributed by atoms with Crippen molar-refractivity contribution in [3.05, 3.63) is 51.9 Å². The Hall–Kier alpha value is -0.810. The summed E-state index contributed by atoms with van der Waals surface area (Å²) in [5.74, 6) is 1.88. The highest BCUT2D eigenvalue weighted by Gasteiger charge is 2.10. The fourth-order valence-electron chi connectivity index (χ4n) is 1.81. The molecule has 6 heteroatoms. The highest BCUT2D eigenvalue weighted by molar-refractivity contribution is 7.84. The van der Waals surface area contributed by atoms with E-state index in [-0.39, 0.29) is 0 Å². The smallest absolute Gasteiger partial charge is 0.118 e. The molecule has 0 saturated heterocycles. The standard InChI is InChI=1S/C15H17Cl2NO2S/c1-2-7-18-9-11-3-4-12(20-11)10-21(19)13-5-6-14(16)15(17)8-13/h3-6,8,18H,2,7,9-10H2,1H3. The summed E-state index contributed by atoms with van der Waals surface area (Å²) >= 11 is 11.8. The molecule has 2 rings (SSSR count). The van der Waals surface area contributed by atoms with Gasteiger partial charge in [-0.25, -0.2) is 0 Å². The molecular formula is C15H17Cl2NO2S. The van der Waals surface area contributed by atoms with E-state index in [2.05, 4.69) is 12.2 Å². The van der Waals surface area contributed by atoms with Gasteiger partial charge in [0.1, 0.15) is 11.5 Å². The van der Waals surface area contributed by atoms with Gasteiger partial charge in [-0.3, -0.25) is 4.21 Å². The zero-order chi connectivity index (χ0) is 15.2. The maximum absolute atomic E-state index is 12.3. The van der Waals surface area contributed by atoms with Crippen molar-refractivity contribution in [1.29, 1.82) is 0 Å². The molecule has 1 aromatic carbocycles. The summed E-state index contributed by atoms with van der Waals surface area (Å²) in [6.45, 7) is 3.75. The number of furan rings is 1. The molecule has 114 valence electrons. The lowest BCUT2D eigenvalue weighted by atomic mass is 10.4. The molecule has 0 amide bonds. The molecule has 1 atom stereocenters. The quantitative estimate of drug-likeness (QED) is 0.756. The van der Waals surface area contributed by atoms with Gasteiger partial charge >= 0.3 is 0 Å². The van der Waals surface area contributed by atoms with E-state index in [1.807, 2.05) is 12.1 Å². The number of halogens is 2. The summed E-state index contributed by atoms with van der Waals surface area (Å²) in [7, 11) is -1.20. The minimum absolute atomic E-state index is 0.325. The average Bonchev–Trinajstić information content (AvgIpc) is 2.89. The van der Waals surface area contributed by atoms with E-state index in [0.29, 0.717) is 33.0 Å². The Morgan fingerprint density at radius 1 is 1.14 bits per heavy atom. The molecule has 0 aliphatic heterocycles. The molecule has 0 radical (unpaired) electrons. The lowest BCUT2D eigenvalue weighted by Crippen LogP contribution is -2.13. The Balaban J connectivity index is 1.97. The number of nitrogens with one attached hydrogen (secondary N) is 1. The van der Waals surface area contributed by atoms with Crippen LogP contribution in [0.1, 0.15) is 24.9 Å². The number of rotatable bonds is 7. The summed E-state index contributed by atoms with van der Waals surface area (Å²) in [6.07, 6.45) is 1.08. The van der Waals surface area contributed by atoms with E-state index in [1.165, 1.54) is 0 Å². The second-order valence-electron chi connectivity index (χ2n) is 4.61. The summed E-state index contributed by atoms with van der Waals surface area (Å²) in [4.78, 5) is 0.645. The van der Waals surface area contributed by atoms with Gasteiger partial charge in [0.05, 0.1) is 33.1 Å². The van der Waals surface area contributed by atoms with E-state index >= 15 is 0 Å². The van der Waals surface area contributed by atoms with Crippen LogP contribution in [0.5, 0.6) is 0 Å². The zero-order valence-corrected chi connectivity index (χ0v) is 14.0. The van der Waals surface area contributed by atoms with E-state index in [0.717, 1.165) is 18.7 Å². The van der Waals surface area contributed by atoms with Gasteiger partial charge in [0, 0.05) is 4.90 Å². The van der Waals surface area contributed by atoms with Crippen LogP contribution in [0.25, 0.3) is 0 Å². The molecule has 1 N–H and O–H groups in total. The summed E-state index contributed by atoms with van der Waals surface area (Å²) < 4.78 is 17.9. The topological polar surface area (TPSA) is 42.2 Å². The lowest BCUT2D eigenvalue weighted by Gasteiger charge is -2.03. The molecule has 0 aliphatic carbocycles. The van der Waals surface area contributed by atoms with Crippen molar-refractivity contribution in [3.63, 3.8) is 0 Å². The van der Waals surface area contributed by atoms with E-state index in [9.17, 15) is 4.21 Å². The van der Waals surface area contributed by atoms with Crippen LogP contribution < -0.4 is 5.32 Å². The minimum atomic E-state index is -1.20. The van der Waals surface area contributed by atoms with Crippen LogP contribution in [0.2, 0.25) is 10.0 Å². The molecule has 3 nitrogen and oxygen atoms in total. The normalized spacial score (nSPS) is 12.5. The Morgan fingerprint density at radius 3 is 2.62 bits per heavy atom. The predicted molar refractivity (Wildman–Crippen MR) is 87.3 cm³/mol. The van der Waals surface area contributed by atoms with Crippen LogP contribution in [0.4, 0.5) is 0 Å². The minimum Gasteiger partial charge on any atom is -0.464 e. The number of hydrogen-bond donors (Lipinski definition) is 1. The van der Waals surface area contributed by atoms with Crippen LogP contribution in [-0.2, 0) is 23.1 Å². The van der Waals surface area contributed by atoms with Gasteiger partial charge in [0.15, 0.2) is 0 Å². The molecule has 1 heterocycles. The first-order valence-electron chi connectivity index (χ1n) is 6.72. The fraction of sp³-hybridized carbons (Fsp3) is 0.333. The molecule has 1 unspecified atom stereocenters. The van der Waals surface area contributed by atoms with Gasteiger partial charge in [-0.15, -0.1) is 0 Å². The molecule has 0 spiro atoms. The molecule has 0 bridgehead atoms. The highest BCUT2D eigenvalue weighted by Crippen LogP contribution is 2.25. The number of hydrogen-bond acceptors (Lipinski definition) is 3. The monoisotopic (exact) mass is 345 g/mol. The second-order valence-corrected chi connectivity index (χ2v) is 6.88. The first kappa shape index (κ1) is 16.6. The van der Waals surface area contributed by atoms with Crippen LogP contribution in [0.15, 0.2) is 39.6 Å². The van der Waals surface area contributed by atoms with Crippen molar-refractivity contribution in [2.45, 2.75) is 30.5 Å². The number of benzene rings is 1. The third-order valence-electron chi connectivity index (χ3n) is 2.87. The lowest BCUT2D eigenvalue weighted by molar-refractivity contribution is 0.458. The third-order valence-corrected chi connectivity index (χ3v) is 4.94. The van der Waals surface area contributed by atoms with Crippen molar-refractivity contribution in [2.24, 2.45) is 0 Å². The molecule has 2 aromatic rings. The first-order valence-corrected chi connectivity index (χ1v) is 8.79. The second kappa shape index (κ2) is 7.99. The molecule has 0 saturated carbocycles. The Labute approximate surface area is 137 Å². The highest BCUT2D eigenvalue weighted by atomic mass is 35.5. The van der Waals surface area contributed by atoms with Gasteiger partial charge in [-0.2, -0.15) is 0 Å². The van der Waals surface area contributed by atoms with E-state index in [4.69, 9.17) is 27.6 Å². The van der Waals surface area contributed by atoms with Crippen molar-refractivity contribution >= 4 is 34.0 Å². The average molecular weight is 346 g/mol. The van der Waals surface area contributed by atoms with Crippen molar-refractivity contribution in [1.82, 2.24) is 5.32 Å². The maximum Gasteiger partial charge on any atom is 0.118 e. The summed E-state index contributed by atoms with van der Waals surface area (Å²) in [5.41, 5.74) is 0. The first-order chi connectivity index (χ1) is 10.1. The maximum atomic E-state index is 12.3. The van der Waals surface area contributed by atoms with Gasteiger partial charge in [0.2, 0.25) is 0 Å². The third kappa shape index (κ3) is 4.85. The van der Waals surface area contributed by atoms with Gasteiger partial charge in [-0.1, -0.05) is 30.1 Å². The van der Waals surface area contributed by atoms with Crippen LogP contribution in [0.3, 0.4) is 0 Å². The fourth-order valence-corrected chi connectivity index (χ4v) is 3.23. The zero-order valence-electron chi connectivity index (χ0n) is 11.7. The van der Waals surface area contributed by atoms with Crippen molar-refractivity contribution < 1.29 is 8.63 Å². The van der Waals surface area contributed by atoms with Gasteiger partial charge in [-0.05, 0) is 43.3 Å². The molecule has 0 fully saturated rings. The molecular weight excluding hydrogens is 329 g/mol. The van der Waals surface area contributed by atoms with E-state index < -0.39 is 10.8 Å². The van der Waals surface area contributed by atoms with Gasteiger partial charge in [0.25, 0.3) is 0 Å². The van der Waals surface area contributed by atoms with Crippen molar-refractivity contribution in [3.8, 4) is 0 Å². The predicted octanol–water partition coefficient (Wildman–Crippen LogP) is 4.39. The van der Waals surface area contributed by atoms with E-state index in [1.54, 1.807) is 18.2 Å². The Morgan fingerprint density at radius 2 is 1.90 bits per heavy atom. The molecule has 21 heavy (non-hydrogen) atoms. The molecule has 1 aromatic heterocycles. The Kier molecular flexibility index (Phi) is 6.30. The van der Waals surface area contributed by atoms with Crippen LogP contribution >= 0.6 is 23.2 Å². The van der Waals surface area contributed by atoms with Crippen molar-refractivity contribution in [2.75, 3.05) is 6.54 Å².